The van der Waals surface area contributed by atoms with Crippen molar-refractivity contribution in [2.45, 2.75) is 23.7 Å². The van der Waals surface area contributed by atoms with Gasteiger partial charge in [-0.2, -0.15) is 0 Å². The SMILES string of the molecule is CC(CO)N1CCN(c2cncc(SCc3ccccc3)n2)CC1. The molecule has 0 amide bonds. The van der Waals surface area contributed by atoms with Gasteiger partial charge in [0.05, 0.1) is 19.0 Å². The first-order valence-electron chi connectivity index (χ1n) is 8.35. The maximum atomic E-state index is 9.28. The Labute approximate surface area is 147 Å². The van der Waals surface area contributed by atoms with Gasteiger partial charge < -0.3 is 10.0 Å². The van der Waals surface area contributed by atoms with E-state index in [0.29, 0.717) is 0 Å². The summed E-state index contributed by atoms with van der Waals surface area (Å²) in [7, 11) is 0. The molecule has 0 radical (unpaired) electrons. The van der Waals surface area contributed by atoms with Crippen LogP contribution < -0.4 is 4.90 Å². The molecule has 1 N–H and O–H groups in total. The highest BCUT2D eigenvalue weighted by atomic mass is 32.2. The number of hydrogen-bond acceptors (Lipinski definition) is 6. The molecule has 2 aromatic rings. The molecule has 0 aliphatic carbocycles. The van der Waals surface area contributed by atoms with Crippen molar-refractivity contribution >= 4 is 17.6 Å². The predicted octanol–water partition coefficient (Wildman–Crippen LogP) is 2.27. The first-order chi connectivity index (χ1) is 11.8. The van der Waals surface area contributed by atoms with Gasteiger partial charge in [0.2, 0.25) is 0 Å². The lowest BCUT2D eigenvalue weighted by Gasteiger charge is -2.37. The van der Waals surface area contributed by atoms with E-state index in [4.69, 9.17) is 4.98 Å². The van der Waals surface area contributed by atoms with Gasteiger partial charge >= 0.3 is 0 Å². The lowest BCUT2D eigenvalue weighted by atomic mass is 10.2. The summed E-state index contributed by atoms with van der Waals surface area (Å²) in [5.41, 5.74) is 1.29. The van der Waals surface area contributed by atoms with Crippen molar-refractivity contribution in [1.29, 1.82) is 0 Å². The van der Waals surface area contributed by atoms with Gasteiger partial charge in [-0.25, -0.2) is 4.98 Å². The average Bonchev–Trinajstić information content (AvgIpc) is 2.67. The van der Waals surface area contributed by atoms with Crippen LogP contribution in [-0.4, -0.2) is 58.8 Å². The van der Waals surface area contributed by atoms with Gasteiger partial charge in [-0.15, -0.1) is 11.8 Å². The van der Waals surface area contributed by atoms with E-state index in [1.54, 1.807) is 11.8 Å². The molecule has 0 spiro atoms. The normalized spacial score (nSPS) is 17.0. The van der Waals surface area contributed by atoms with Crippen LogP contribution in [0.4, 0.5) is 5.82 Å². The molecule has 3 rings (SSSR count). The Morgan fingerprint density at radius 2 is 1.88 bits per heavy atom. The van der Waals surface area contributed by atoms with Crippen LogP contribution in [0.3, 0.4) is 0 Å². The monoisotopic (exact) mass is 344 g/mol. The number of hydrogen-bond donors (Lipinski definition) is 1. The quantitative estimate of drug-likeness (QED) is 0.812. The lowest BCUT2D eigenvalue weighted by molar-refractivity contribution is 0.128. The Kier molecular flexibility index (Phi) is 6.07. The number of nitrogens with zero attached hydrogens (tertiary/aromatic N) is 4. The molecule has 1 saturated heterocycles. The molecule has 0 saturated carbocycles. The number of rotatable bonds is 6. The van der Waals surface area contributed by atoms with E-state index in [-0.39, 0.29) is 12.6 Å². The fourth-order valence-electron chi connectivity index (χ4n) is 2.80. The maximum Gasteiger partial charge on any atom is 0.148 e. The summed E-state index contributed by atoms with van der Waals surface area (Å²) >= 11 is 1.72. The molecule has 6 heteroatoms. The first kappa shape index (κ1) is 17.2. The van der Waals surface area contributed by atoms with Crippen molar-refractivity contribution in [3.05, 3.63) is 48.3 Å². The van der Waals surface area contributed by atoms with Crippen molar-refractivity contribution in [1.82, 2.24) is 14.9 Å². The Bertz CT molecular complexity index is 632. The van der Waals surface area contributed by atoms with Crippen molar-refractivity contribution in [2.75, 3.05) is 37.7 Å². The molecule has 1 aromatic carbocycles. The average molecular weight is 344 g/mol. The molecule has 128 valence electrons. The van der Waals surface area contributed by atoms with Crippen LogP contribution >= 0.6 is 11.8 Å². The van der Waals surface area contributed by atoms with E-state index in [1.165, 1.54) is 5.56 Å². The second-order valence-corrected chi connectivity index (χ2v) is 7.04. The third-order valence-corrected chi connectivity index (χ3v) is 5.33. The largest absolute Gasteiger partial charge is 0.395 e. The zero-order valence-electron chi connectivity index (χ0n) is 14.0. The van der Waals surface area contributed by atoms with Gasteiger partial charge in [0.25, 0.3) is 0 Å². The summed E-state index contributed by atoms with van der Waals surface area (Å²) in [5.74, 6) is 1.85. The summed E-state index contributed by atoms with van der Waals surface area (Å²) in [6, 6.07) is 10.6. The van der Waals surface area contributed by atoms with Crippen LogP contribution in [-0.2, 0) is 5.75 Å². The molecule has 0 bridgehead atoms. The minimum atomic E-state index is 0.214. The van der Waals surface area contributed by atoms with Gasteiger partial charge in [0.15, 0.2) is 0 Å². The molecular weight excluding hydrogens is 320 g/mol. The molecular formula is C18H24N4OS. The lowest BCUT2D eigenvalue weighted by Crippen LogP contribution is -2.50. The zero-order chi connectivity index (χ0) is 16.8. The van der Waals surface area contributed by atoms with E-state index < -0.39 is 0 Å². The second-order valence-electron chi connectivity index (χ2n) is 6.04. The molecule has 2 heterocycles. The molecule has 1 atom stereocenters. The highest BCUT2D eigenvalue weighted by Crippen LogP contribution is 2.23. The number of aliphatic hydroxyl groups is 1. The Balaban J connectivity index is 1.57. The van der Waals surface area contributed by atoms with Crippen molar-refractivity contribution in [3.63, 3.8) is 0 Å². The Morgan fingerprint density at radius 1 is 1.12 bits per heavy atom. The fourth-order valence-corrected chi connectivity index (χ4v) is 3.60. The van der Waals surface area contributed by atoms with Crippen LogP contribution in [0.1, 0.15) is 12.5 Å². The van der Waals surface area contributed by atoms with Crippen molar-refractivity contribution in [2.24, 2.45) is 0 Å². The first-order valence-corrected chi connectivity index (χ1v) is 9.33. The minimum Gasteiger partial charge on any atom is -0.395 e. The summed E-state index contributed by atoms with van der Waals surface area (Å²) in [6.45, 7) is 6.02. The second kappa shape index (κ2) is 8.46. The van der Waals surface area contributed by atoms with Crippen molar-refractivity contribution in [3.8, 4) is 0 Å². The van der Waals surface area contributed by atoms with E-state index in [1.807, 2.05) is 18.5 Å². The highest BCUT2D eigenvalue weighted by Gasteiger charge is 2.21. The third kappa shape index (κ3) is 4.47. The molecule has 1 fully saturated rings. The topological polar surface area (TPSA) is 52.5 Å². The maximum absolute atomic E-state index is 9.28. The van der Waals surface area contributed by atoms with Crippen molar-refractivity contribution < 1.29 is 5.11 Å². The molecule has 24 heavy (non-hydrogen) atoms. The summed E-state index contributed by atoms with van der Waals surface area (Å²) < 4.78 is 0. The standard InChI is InChI=1S/C18H24N4OS/c1-15(13-23)21-7-9-22(10-8-21)17-11-19-12-18(20-17)24-14-16-5-3-2-4-6-16/h2-6,11-12,15,23H,7-10,13-14H2,1H3. The number of piperazine rings is 1. The third-order valence-electron chi connectivity index (χ3n) is 4.36. The predicted molar refractivity (Wildman–Crippen MR) is 98.4 cm³/mol. The number of thioether (sulfide) groups is 1. The van der Waals surface area contributed by atoms with Gasteiger partial charge in [-0.1, -0.05) is 30.3 Å². The molecule has 1 aromatic heterocycles. The van der Waals surface area contributed by atoms with E-state index >= 15 is 0 Å². The highest BCUT2D eigenvalue weighted by molar-refractivity contribution is 7.98. The van der Waals surface area contributed by atoms with Gasteiger partial charge in [-0.05, 0) is 12.5 Å². The smallest absolute Gasteiger partial charge is 0.148 e. The number of aliphatic hydroxyl groups excluding tert-OH is 1. The number of anilines is 1. The summed E-state index contributed by atoms with van der Waals surface area (Å²) in [4.78, 5) is 13.7. The number of aromatic nitrogens is 2. The van der Waals surface area contributed by atoms with Crippen LogP contribution in [0.25, 0.3) is 0 Å². The Morgan fingerprint density at radius 3 is 2.58 bits per heavy atom. The Hall–Kier alpha value is -1.63. The minimum absolute atomic E-state index is 0.214. The zero-order valence-corrected chi connectivity index (χ0v) is 14.8. The molecule has 5 nitrogen and oxygen atoms in total. The van der Waals surface area contributed by atoms with Crippen LogP contribution in [0.2, 0.25) is 0 Å². The molecule has 1 unspecified atom stereocenters. The van der Waals surface area contributed by atoms with Crippen LogP contribution in [0.5, 0.6) is 0 Å². The summed E-state index contributed by atoms with van der Waals surface area (Å²) in [6.07, 6.45) is 3.68. The van der Waals surface area contributed by atoms with E-state index in [0.717, 1.165) is 42.8 Å². The van der Waals surface area contributed by atoms with Gasteiger partial charge in [0, 0.05) is 38.0 Å². The molecule has 1 aliphatic rings. The van der Waals surface area contributed by atoms with Gasteiger partial charge in [0.1, 0.15) is 10.8 Å². The van der Waals surface area contributed by atoms with E-state index in [9.17, 15) is 5.11 Å². The number of benzene rings is 1. The molecule has 1 aliphatic heterocycles. The van der Waals surface area contributed by atoms with Gasteiger partial charge in [-0.3, -0.25) is 9.88 Å². The fraction of sp³-hybridized carbons (Fsp3) is 0.444. The summed E-state index contributed by atoms with van der Waals surface area (Å²) in [5, 5.41) is 10.2. The van der Waals surface area contributed by atoms with E-state index in [2.05, 4.69) is 46.0 Å². The van der Waals surface area contributed by atoms with Crippen LogP contribution in [0, 0.1) is 0 Å². The van der Waals surface area contributed by atoms with Crippen LogP contribution in [0.15, 0.2) is 47.8 Å².